The van der Waals surface area contributed by atoms with Crippen molar-refractivity contribution in [1.82, 2.24) is 0 Å². The first kappa shape index (κ1) is 19.9. The minimum atomic E-state index is -0.396. The van der Waals surface area contributed by atoms with Crippen molar-refractivity contribution >= 4 is 29.1 Å². The van der Waals surface area contributed by atoms with Crippen LogP contribution in [0.4, 0.5) is 11.4 Å². The van der Waals surface area contributed by atoms with Crippen LogP contribution in [0, 0.1) is 11.3 Å². The number of ether oxygens (including phenoxy) is 1. The maximum atomic E-state index is 12.6. The number of hydrogen-bond donors (Lipinski definition) is 1. The number of fused-ring (bicyclic) bond motifs is 1. The van der Waals surface area contributed by atoms with Crippen LogP contribution in [0.3, 0.4) is 0 Å². The van der Waals surface area contributed by atoms with Crippen molar-refractivity contribution < 1.29 is 19.1 Å². The average Bonchev–Trinajstić information content (AvgIpc) is 3.04. The zero-order chi connectivity index (χ0) is 21.8. The molecule has 1 aliphatic heterocycles. The molecule has 3 aromatic rings. The molecule has 0 saturated heterocycles. The number of carbonyl (C=O) groups is 3. The zero-order valence-electron chi connectivity index (χ0n) is 16.4. The Morgan fingerprint density at radius 2 is 1.61 bits per heavy atom. The van der Waals surface area contributed by atoms with Gasteiger partial charge in [0.1, 0.15) is 5.75 Å². The van der Waals surface area contributed by atoms with Gasteiger partial charge in [0.05, 0.1) is 29.3 Å². The second kappa shape index (κ2) is 8.51. The summed E-state index contributed by atoms with van der Waals surface area (Å²) in [6.45, 7) is -0.213. The maximum absolute atomic E-state index is 12.6. The maximum Gasteiger partial charge on any atom is 0.266 e. The molecule has 0 aromatic heterocycles. The lowest BCUT2D eigenvalue weighted by molar-refractivity contribution is -0.118. The highest BCUT2D eigenvalue weighted by Gasteiger charge is 2.36. The van der Waals surface area contributed by atoms with Crippen molar-refractivity contribution in [3.8, 4) is 11.8 Å². The van der Waals surface area contributed by atoms with Crippen molar-refractivity contribution in [1.29, 1.82) is 5.26 Å². The largest absolute Gasteiger partial charge is 0.484 e. The standard InChI is InChI=1S/C24H17N3O4/c25-13-12-16-8-10-19(11-9-16)31-15-22(28)26-17-4-3-5-18(14-17)27-23(29)20-6-1-2-7-21(20)24(27)30/h1-11,14H,12,15H2,(H,26,28). The molecular weight excluding hydrogens is 394 g/mol. The predicted octanol–water partition coefficient (Wildman–Crippen LogP) is 3.57. The van der Waals surface area contributed by atoms with Gasteiger partial charge < -0.3 is 10.1 Å². The summed E-state index contributed by atoms with van der Waals surface area (Å²) in [6.07, 6.45) is 0.310. The number of nitriles is 1. The van der Waals surface area contributed by atoms with E-state index in [4.69, 9.17) is 10.00 Å². The molecule has 7 nitrogen and oxygen atoms in total. The fraction of sp³-hybridized carbons (Fsp3) is 0.0833. The summed E-state index contributed by atoms with van der Waals surface area (Å²) < 4.78 is 5.47. The molecule has 1 heterocycles. The topological polar surface area (TPSA) is 99.5 Å². The number of benzene rings is 3. The first-order chi connectivity index (χ1) is 15.1. The molecule has 3 aromatic carbocycles. The molecule has 31 heavy (non-hydrogen) atoms. The van der Waals surface area contributed by atoms with E-state index in [2.05, 4.69) is 11.4 Å². The second-order valence-electron chi connectivity index (χ2n) is 6.86. The first-order valence-corrected chi connectivity index (χ1v) is 9.53. The number of nitrogens with one attached hydrogen (secondary N) is 1. The van der Waals surface area contributed by atoms with Crippen LogP contribution in [0.1, 0.15) is 26.3 Å². The van der Waals surface area contributed by atoms with Crippen LogP contribution in [-0.4, -0.2) is 24.3 Å². The molecule has 0 bridgehead atoms. The molecule has 1 N–H and O–H groups in total. The van der Waals surface area contributed by atoms with Gasteiger partial charge in [-0.1, -0.05) is 30.3 Å². The first-order valence-electron chi connectivity index (χ1n) is 9.53. The summed E-state index contributed by atoms with van der Waals surface area (Å²) >= 11 is 0. The summed E-state index contributed by atoms with van der Waals surface area (Å²) in [5, 5.41) is 11.4. The zero-order valence-corrected chi connectivity index (χ0v) is 16.4. The van der Waals surface area contributed by atoms with E-state index in [-0.39, 0.29) is 12.5 Å². The van der Waals surface area contributed by atoms with Gasteiger partial charge in [0, 0.05) is 5.69 Å². The Hall–Kier alpha value is -4.44. The Labute approximate surface area is 178 Å². The minimum absolute atomic E-state index is 0.213. The summed E-state index contributed by atoms with van der Waals surface area (Å²) in [5.41, 5.74) is 2.39. The Balaban J connectivity index is 1.41. The number of anilines is 2. The molecule has 0 saturated carbocycles. The van der Waals surface area contributed by atoms with Gasteiger partial charge in [-0.15, -0.1) is 0 Å². The van der Waals surface area contributed by atoms with Gasteiger partial charge in [-0.3, -0.25) is 14.4 Å². The fourth-order valence-electron chi connectivity index (χ4n) is 3.29. The van der Waals surface area contributed by atoms with Crippen LogP contribution in [0.15, 0.2) is 72.8 Å². The summed E-state index contributed by atoms with van der Waals surface area (Å²) in [4.78, 5) is 38.7. The third-order valence-electron chi connectivity index (χ3n) is 4.76. The number of amides is 3. The number of hydrogen-bond acceptors (Lipinski definition) is 5. The normalized spacial score (nSPS) is 12.3. The Kier molecular flexibility index (Phi) is 5.45. The molecule has 0 aliphatic carbocycles. The predicted molar refractivity (Wildman–Crippen MR) is 114 cm³/mol. The number of imide groups is 1. The summed E-state index contributed by atoms with van der Waals surface area (Å²) in [5.74, 6) is -0.670. The van der Waals surface area contributed by atoms with E-state index in [0.717, 1.165) is 10.5 Å². The average molecular weight is 411 g/mol. The highest BCUT2D eigenvalue weighted by molar-refractivity contribution is 6.34. The van der Waals surface area contributed by atoms with Crippen molar-refractivity contribution in [2.24, 2.45) is 0 Å². The lowest BCUT2D eigenvalue weighted by atomic mass is 10.1. The third-order valence-corrected chi connectivity index (χ3v) is 4.76. The van der Waals surface area contributed by atoms with Gasteiger partial charge in [-0.2, -0.15) is 5.26 Å². The Bertz CT molecular complexity index is 1180. The van der Waals surface area contributed by atoms with Crippen LogP contribution >= 0.6 is 0 Å². The van der Waals surface area contributed by atoms with Crippen molar-refractivity contribution in [3.05, 3.63) is 89.5 Å². The van der Waals surface area contributed by atoms with E-state index in [9.17, 15) is 14.4 Å². The van der Waals surface area contributed by atoms with E-state index in [1.165, 1.54) is 0 Å². The summed E-state index contributed by atoms with van der Waals surface area (Å²) in [7, 11) is 0. The quantitative estimate of drug-likeness (QED) is 0.625. The van der Waals surface area contributed by atoms with Crippen LogP contribution in [0.25, 0.3) is 0 Å². The van der Waals surface area contributed by atoms with E-state index in [1.54, 1.807) is 72.8 Å². The number of nitrogens with zero attached hydrogens (tertiary/aromatic N) is 2. The van der Waals surface area contributed by atoms with Crippen molar-refractivity contribution in [2.75, 3.05) is 16.8 Å². The summed E-state index contributed by atoms with van der Waals surface area (Å²) in [6, 6.07) is 22.2. The van der Waals surface area contributed by atoms with Crippen LogP contribution in [0.5, 0.6) is 5.75 Å². The molecule has 3 amide bonds. The second-order valence-corrected chi connectivity index (χ2v) is 6.86. The molecule has 1 aliphatic rings. The van der Waals surface area contributed by atoms with E-state index < -0.39 is 11.8 Å². The van der Waals surface area contributed by atoms with Gasteiger partial charge in [0.25, 0.3) is 17.7 Å². The molecular formula is C24H17N3O4. The molecule has 4 rings (SSSR count). The SMILES string of the molecule is N#CCc1ccc(OCC(=O)Nc2cccc(N3C(=O)c4ccccc4C3=O)c2)cc1. The molecule has 0 spiro atoms. The number of rotatable bonds is 6. The van der Waals surface area contributed by atoms with Crippen molar-refractivity contribution in [2.45, 2.75) is 6.42 Å². The lowest BCUT2D eigenvalue weighted by Gasteiger charge is -2.15. The van der Waals surface area contributed by atoms with Crippen LogP contribution in [0.2, 0.25) is 0 Å². The molecule has 7 heteroatoms. The van der Waals surface area contributed by atoms with Crippen LogP contribution in [-0.2, 0) is 11.2 Å². The Morgan fingerprint density at radius 3 is 2.26 bits per heavy atom. The third kappa shape index (κ3) is 4.14. The smallest absolute Gasteiger partial charge is 0.266 e. The highest BCUT2D eigenvalue weighted by Crippen LogP contribution is 2.29. The van der Waals surface area contributed by atoms with Gasteiger partial charge in [-0.25, -0.2) is 4.90 Å². The fourth-order valence-corrected chi connectivity index (χ4v) is 3.29. The van der Waals surface area contributed by atoms with Crippen molar-refractivity contribution in [3.63, 3.8) is 0 Å². The van der Waals surface area contributed by atoms with Gasteiger partial charge in [0.15, 0.2) is 6.61 Å². The molecule has 0 radical (unpaired) electrons. The minimum Gasteiger partial charge on any atom is -0.484 e. The van der Waals surface area contributed by atoms with E-state index in [1.807, 2.05) is 0 Å². The van der Waals surface area contributed by atoms with E-state index in [0.29, 0.717) is 34.7 Å². The van der Waals surface area contributed by atoms with Gasteiger partial charge in [-0.05, 0) is 48.0 Å². The molecule has 0 unspecified atom stereocenters. The monoisotopic (exact) mass is 411 g/mol. The molecule has 152 valence electrons. The molecule has 0 atom stereocenters. The number of carbonyl (C=O) groups excluding carboxylic acids is 3. The van der Waals surface area contributed by atoms with Gasteiger partial charge >= 0.3 is 0 Å². The Morgan fingerprint density at radius 1 is 0.935 bits per heavy atom. The molecule has 0 fully saturated rings. The highest BCUT2D eigenvalue weighted by atomic mass is 16.5. The van der Waals surface area contributed by atoms with Gasteiger partial charge in [0.2, 0.25) is 0 Å². The lowest BCUT2D eigenvalue weighted by Crippen LogP contribution is -2.29. The van der Waals surface area contributed by atoms with Crippen LogP contribution < -0.4 is 15.0 Å². The van der Waals surface area contributed by atoms with E-state index >= 15 is 0 Å².